The number of halogens is 1. The lowest BCUT2D eigenvalue weighted by Crippen LogP contribution is -2.42. The number of nitrogens with zero attached hydrogens (tertiary/aromatic N) is 2. The van der Waals surface area contributed by atoms with E-state index >= 15 is 0 Å². The van der Waals surface area contributed by atoms with Crippen LogP contribution in [0.2, 0.25) is 0 Å². The van der Waals surface area contributed by atoms with Gasteiger partial charge in [-0.2, -0.15) is 0 Å². The Morgan fingerprint density at radius 2 is 1.85 bits per heavy atom. The van der Waals surface area contributed by atoms with Gasteiger partial charge in [-0.15, -0.1) is 17.9 Å². The van der Waals surface area contributed by atoms with Crippen molar-refractivity contribution in [1.82, 2.24) is 20.4 Å². The molecule has 0 aliphatic rings. The summed E-state index contributed by atoms with van der Waals surface area (Å²) >= 11 is 2.41. The standard InChI is InChI=1S/C24H19FN4O3S2/c1-2-12-29-23(32)20-17(15-8-4-3-5-9-15)13-33-22(20)26-24(29)34-14-19(30)27-28-21(31)16-10-6-7-11-18(16)25/h2-11,13H,1,12,14H2,(H,27,30)(H,28,31). The van der Waals surface area contributed by atoms with E-state index in [0.29, 0.717) is 15.4 Å². The second kappa shape index (κ2) is 10.4. The van der Waals surface area contributed by atoms with Crippen LogP contribution in [0.15, 0.2) is 82.6 Å². The summed E-state index contributed by atoms with van der Waals surface area (Å²) in [7, 11) is 0. The lowest BCUT2D eigenvalue weighted by atomic mass is 10.1. The van der Waals surface area contributed by atoms with Crippen molar-refractivity contribution < 1.29 is 14.0 Å². The highest BCUT2D eigenvalue weighted by atomic mass is 32.2. The molecule has 0 unspecified atom stereocenters. The summed E-state index contributed by atoms with van der Waals surface area (Å²) in [6.07, 6.45) is 1.59. The number of hydrazine groups is 1. The molecule has 7 nitrogen and oxygen atoms in total. The predicted octanol–water partition coefficient (Wildman–Crippen LogP) is 4.00. The van der Waals surface area contributed by atoms with Gasteiger partial charge in [-0.25, -0.2) is 9.37 Å². The average molecular weight is 495 g/mol. The molecule has 0 aliphatic heterocycles. The van der Waals surface area contributed by atoms with Crippen molar-refractivity contribution in [2.24, 2.45) is 0 Å². The molecule has 172 valence electrons. The van der Waals surface area contributed by atoms with Crippen LogP contribution < -0.4 is 16.4 Å². The third-order valence-corrected chi connectivity index (χ3v) is 6.67. The number of allylic oxidation sites excluding steroid dienone is 1. The molecule has 10 heteroatoms. The zero-order valence-corrected chi connectivity index (χ0v) is 19.4. The maximum Gasteiger partial charge on any atom is 0.272 e. The van der Waals surface area contributed by atoms with E-state index in [1.165, 1.54) is 34.1 Å². The summed E-state index contributed by atoms with van der Waals surface area (Å²) in [6.45, 7) is 3.94. The Hall–Kier alpha value is -3.76. The molecule has 4 rings (SSSR count). The fraction of sp³-hybridized carbons (Fsp3) is 0.0833. The number of rotatable bonds is 7. The number of hydrogen-bond acceptors (Lipinski definition) is 6. The van der Waals surface area contributed by atoms with Crippen LogP contribution in [0.4, 0.5) is 4.39 Å². The van der Waals surface area contributed by atoms with Crippen molar-refractivity contribution in [3.8, 4) is 11.1 Å². The Kier molecular flexibility index (Phi) is 7.19. The van der Waals surface area contributed by atoms with Gasteiger partial charge in [-0.3, -0.25) is 29.8 Å². The minimum Gasteiger partial charge on any atom is -0.283 e. The molecule has 4 aromatic rings. The molecule has 0 radical (unpaired) electrons. The van der Waals surface area contributed by atoms with Crippen LogP contribution in [0.25, 0.3) is 21.3 Å². The number of thioether (sulfide) groups is 1. The van der Waals surface area contributed by atoms with Gasteiger partial charge < -0.3 is 0 Å². The van der Waals surface area contributed by atoms with Gasteiger partial charge in [0.15, 0.2) is 5.16 Å². The van der Waals surface area contributed by atoms with E-state index in [9.17, 15) is 18.8 Å². The second-order valence-electron chi connectivity index (χ2n) is 7.07. The van der Waals surface area contributed by atoms with Gasteiger partial charge in [0.2, 0.25) is 5.91 Å². The van der Waals surface area contributed by atoms with Gasteiger partial charge in [0, 0.05) is 17.5 Å². The summed E-state index contributed by atoms with van der Waals surface area (Å²) in [4.78, 5) is 42.8. The second-order valence-corrected chi connectivity index (χ2v) is 8.87. The average Bonchev–Trinajstić information content (AvgIpc) is 3.28. The fourth-order valence-corrected chi connectivity index (χ4v) is 5.04. The molecule has 0 saturated heterocycles. The topological polar surface area (TPSA) is 93.1 Å². The molecule has 0 fully saturated rings. The van der Waals surface area contributed by atoms with Crippen molar-refractivity contribution in [1.29, 1.82) is 0 Å². The van der Waals surface area contributed by atoms with Crippen molar-refractivity contribution in [2.75, 3.05) is 5.75 Å². The summed E-state index contributed by atoms with van der Waals surface area (Å²) in [5.74, 6) is -2.12. The number of benzene rings is 2. The van der Waals surface area contributed by atoms with Crippen LogP contribution in [-0.4, -0.2) is 27.1 Å². The number of thiophene rings is 1. The van der Waals surface area contributed by atoms with E-state index in [1.807, 2.05) is 35.7 Å². The normalized spacial score (nSPS) is 10.7. The lowest BCUT2D eigenvalue weighted by Gasteiger charge is -2.11. The Balaban J connectivity index is 1.51. The molecular weight excluding hydrogens is 475 g/mol. The van der Waals surface area contributed by atoms with E-state index in [-0.39, 0.29) is 23.4 Å². The first-order valence-electron chi connectivity index (χ1n) is 10.1. The zero-order chi connectivity index (χ0) is 24.1. The molecule has 0 spiro atoms. The largest absolute Gasteiger partial charge is 0.283 e. The quantitative estimate of drug-likeness (QED) is 0.175. The maximum absolute atomic E-state index is 13.7. The molecule has 2 heterocycles. The van der Waals surface area contributed by atoms with E-state index < -0.39 is 17.6 Å². The molecule has 2 aromatic heterocycles. The van der Waals surface area contributed by atoms with Gasteiger partial charge in [0.05, 0.1) is 16.7 Å². The lowest BCUT2D eigenvalue weighted by molar-refractivity contribution is -0.119. The van der Waals surface area contributed by atoms with Crippen LogP contribution in [0.1, 0.15) is 10.4 Å². The predicted molar refractivity (Wildman–Crippen MR) is 132 cm³/mol. The number of carbonyl (C=O) groups excluding carboxylic acids is 2. The Morgan fingerprint density at radius 3 is 2.59 bits per heavy atom. The smallest absolute Gasteiger partial charge is 0.272 e. The number of hydrogen-bond donors (Lipinski definition) is 2. The number of aromatic nitrogens is 2. The number of carbonyl (C=O) groups is 2. The third-order valence-electron chi connectivity index (χ3n) is 4.82. The minimum absolute atomic E-state index is 0.121. The van der Waals surface area contributed by atoms with Gasteiger partial charge in [-0.1, -0.05) is 60.3 Å². The molecule has 2 N–H and O–H groups in total. The number of nitrogens with one attached hydrogen (secondary N) is 2. The third kappa shape index (κ3) is 4.92. The Bertz CT molecular complexity index is 1430. The van der Waals surface area contributed by atoms with Gasteiger partial charge in [0.25, 0.3) is 11.5 Å². The van der Waals surface area contributed by atoms with Gasteiger partial charge in [0.1, 0.15) is 10.6 Å². The van der Waals surface area contributed by atoms with Crippen molar-refractivity contribution in [3.05, 3.63) is 94.4 Å². The summed E-state index contributed by atoms with van der Waals surface area (Å²) in [6, 6.07) is 15.0. The van der Waals surface area contributed by atoms with E-state index in [0.717, 1.165) is 29.0 Å². The Labute approximate surface area is 202 Å². The molecular formula is C24H19FN4O3S2. The summed E-state index contributed by atoms with van der Waals surface area (Å²) in [5.41, 5.74) is 5.75. The van der Waals surface area contributed by atoms with Crippen molar-refractivity contribution in [2.45, 2.75) is 11.7 Å². The highest BCUT2D eigenvalue weighted by Crippen LogP contribution is 2.32. The SMILES string of the molecule is C=CCn1c(SCC(=O)NNC(=O)c2ccccc2F)nc2scc(-c3ccccc3)c2c1=O. The Morgan fingerprint density at radius 1 is 1.12 bits per heavy atom. The molecule has 2 aromatic carbocycles. The monoisotopic (exact) mass is 494 g/mol. The highest BCUT2D eigenvalue weighted by Gasteiger charge is 2.18. The number of fused-ring (bicyclic) bond motifs is 1. The first kappa shape index (κ1) is 23.4. The molecule has 0 aliphatic carbocycles. The molecule has 0 bridgehead atoms. The summed E-state index contributed by atoms with van der Waals surface area (Å²) in [5, 5.41) is 2.77. The van der Waals surface area contributed by atoms with Crippen molar-refractivity contribution >= 4 is 45.1 Å². The maximum atomic E-state index is 13.7. The van der Waals surface area contributed by atoms with Crippen LogP contribution in [0.5, 0.6) is 0 Å². The fourth-order valence-electron chi connectivity index (χ4n) is 3.24. The highest BCUT2D eigenvalue weighted by molar-refractivity contribution is 7.99. The first-order chi connectivity index (χ1) is 16.5. The van der Waals surface area contributed by atoms with Gasteiger partial charge in [-0.05, 0) is 17.7 Å². The zero-order valence-electron chi connectivity index (χ0n) is 17.8. The van der Waals surface area contributed by atoms with Gasteiger partial charge >= 0.3 is 0 Å². The van der Waals surface area contributed by atoms with E-state index in [1.54, 1.807) is 6.08 Å². The molecule has 0 saturated carbocycles. The van der Waals surface area contributed by atoms with Crippen LogP contribution in [0, 0.1) is 5.82 Å². The molecule has 2 amide bonds. The van der Waals surface area contributed by atoms with Crippen LogP contribution >= 0.6 is 23.1 Å². The number of amides is 2. The summed E-state index contributed by atoms with van der Waals surface area (Å²) < 4.78 is 15.2. The van der Waals surface area contributed by atoms with Crippen LogP contribution in [0.3, 0.4) is 0 Å². The van der Waals surface area contributed by atoms with E-state index in [4.69, 9.17) is 0 Å². The molecule has 0 atom stereocenters. The van der Waals surface area contributed by atoms with E-state index in [2.05, 4.69) is 22.4 Å². The molecule has 34 heavy (non-hydrogen) atoms. The first-order valence-corrected chi connectivity index (χ1v) is 12.0. The minimum atomic E-state index is -0.772. The van der Waals surface area contributed by atoms with Crippen LogP contribution in [-0.2, 0) is 11.3 Å². The van der Waals surface area contributed by atoms with Crippen molar-refractivity contribution in [3.63, 3.8) is 0 Å².